The van der Waals surface area contributed by atoms with Crippen LogP contribution in [-0.4, -0.2) is 60.0 Å². The quantitative estimate of drug-likeness (QED) is 0.433. The largest absolute Gasteiger partial charge is 0.359 e. The van der Waals surface area contributed by atoms with Crippen LogP contribution in [-0.2, 0) is 5.91 Å². The van der Waals surface area contributed by atoms with E-state index in [1.165, 1.54) is 18.7 Å². The normalized spacial score (nSPS) is 11.8. The van der Waals surface area contributed by atoms with E-state index >= 15 is 0 Å². The zero-order chi connectivity index (χ0) is 14.1. The molecule has 0 amide bonds. The molecule has 4 rings (SSSR count). The van der Waals surface area contributed by atoms with Gasteiger partial charge in [-0.2, -0.15) is 18.7 Å². The molecule has 0 aliphatic heterocycles. The van der Waals surface area contributed by atoms with E-state index in [0.29, 0.717) is 0 Å². The Hall–Kier alpha value is -3.44. The molecule has 0 aromatic carbocycles. The molecule has 0 fully saturated rings. The van der Waals surface area contributed by atoms with Crippen LogP contribution < -0.4 is 0 Å². The fourth-order valence-corrected chi connectivity index (χ4v) is 2.10. The molecule has 4 heterocycles. The number of hydrogen-bond acceptors (Lipinski definition) is 8. The Morgan fingerprint density at radius 3 is 0.952 bits per heavy atom. The van der Waals surface area contributed by atoms with Gasteiger partial charge in [0.25, 0.3) is 0 Å². The van der Waals surface area contributed by atoms with Crippen LogP contribution in [0.2, 0.25) is 0 Å². The van der Waals surface area contributed by atoms with E-state index in [4.69, 9.17) is 0 Å². The number of nitrogens with zero attached hydrogens (tertiary/aromatic N) is 12. The van der Waals surface area contributed by atoms with Crippen molar-refractivity contribution in [3.8, 4) is 0 Å². The summed E-state index contributed by atoms with van der Waals surface area (Å²) in [5.74, 6) is -1.24. The van der Waals surface area contributed by atoms with Gasteiger partial charge in [-0.25, -0.2) is 0 Å². The maximum absolute atomic E-state index is 4.06. The zero-order valence-electron chi connectivity index (χ0n) is 10.5. The van der Waals surface area contributed by atoms with E-state index in [2.05, 4.69) is 41.2 Å². The van der Waals surface area contributed by atoms with Crippen LogP contribution in [0.3, 0.4) is 0 Å². The minimum absolute atomic E-state index is 1.24. The first-order chi connectivity index (χ1) is 10.4. The predicted molar refractivity (Wildman–Crippen MR) is 64.3 cm³/mol. The Labute approximate surface area is 116 Å². The Morgan fingerprint density at radius 2 is 0.762 bits per heavy atom. The van der Waals surface area contributed by atoms with Gasteiger partial charge in [-0.1, -0.05) is 20.9 Å². The van der Waals surface area contributed by atoms with Crippen molar-refractivity contribution in [2.24, 2.45) is 0 Å². The molecule has 0 saturated heterocycles. The molecule has 0 bridgehead atoms. The van der Waals surface area contributed by atoms with Gasteiger partial charge in [0.15, 0.2) is 0 Å². The van der Waals surface area contributed by atoms with Crippen LogP contribution in [0.4, 0.5) is 0 Å². The summed E-state index contributed by atoms with van der Waals surface area (Å²) < 4.78 is 6.08. The number of aromatic nitrogens is 12. The van der Waals surface area contributed by atoms with E-state index in [9.17, 15) is 0 Å². The molecule has 0 aliphatic rings. The number of rotatable bonds is 4. The molecule has 12 nitrogen and oxygen atoms in total. The van der Waals surface area contributed by atoms with Gasteiger partial charge >= 0.3 is 5.91 Å². The van der Waals surface area contributed by atoms with E-state index < -0.39 is 5.91 Å². The molecular formula is C9H8N12. The van der Waals surface area contributed by atoms with Crippen LogP contribution in [0.5, 0.6) is 0 Å². The monoisotopic (exact) mass is 284 g/mol. The topological polar surface area (TPSA) is 123 Å². The summed E-state index contributed by atoms with van der Waals surface area (Å²) >= 11 is 0. The molecule has 0 spiro atoms. The average molecular weight is 284 g/mol. The minimum atomic E-state index is -1.24. The van der Waals surface area contributed by atoms with Crippen LogP contribution in [0.15, 0.2) is 49.6 Å². The van der Waals surface area contributed by atoms with Crippen LogP contribution >= 0.6 is 0 Å². The second kappa shape index (κ2) is 4.29. The van der Waals surface area contributed by atoms with Crippen LogP contribution in [0, 0.1) is 0 Å². The molecule has 0 aliphatic carbocycles. The highest BCUT2D eigenvalue weighted by Crippen LogP contribution is 2.20. The van der Waals surface area contributed by atoms with Crippen LogP contribution in [0.1, 0.15) is 0 Å². The molecular weight excluding hydrogens is 276 g/mol. The molecule has 21 heavy (non-hydrogen) atoms. The molecule has 12 heteroatoms. The molecule has 0 N–H and O–H groups in total. The highest BCUT2D eigenvalue weighted by Gasteiger charge is 2.43. The molecule has 0 radical (unpaired) electrons. The fourth-order valence-electron chi connectivity index (χ4n) is 2.10. The summed E-state index contributed by atoms with van der Waals surface area (Å²) in [5.41, 5.74) is 0. The summed E-state index contributed by atoms with van der Waals surface area (Å²) in [4.78, 5) is 0. The lowest BCUT2D eigenvalue weighted by molar-refractivity contribution is 0.0531. The first-order valence-corrected chi connectivity index (χ1v) is 5.89. The Kier molecular flexibility index (Phi) is 2.33. The molecule has 0 unspecified atom stereocenters. The third kappa shape index (κ3) is 1.49. The second-order valence-corrected chi connectivity index (χ2v) is 3.99. The summed E-state index contributed by atoms with van der Waals surface area (Å²) in [5, 5.41) is 31.6. The molecule has 0 atom stereocenters. The third-order valence-corrected chi connectivity index (χ3v) is 2.92. The van der Waals surface area contributed by atoms with Gasteiger partial charge in [0.05, 0.1) is 49.6 Å². The van der Waals surface area contributed by atoms with Crippen molar-refractivity contribution in [1.29, 1.82) is 0 Å². The predicted octanol–water partition coefficient (Wildman–Crippen LogP) is -1.73. The highest BCUT2D eigenvalue weighted by molar-refractivity contribution is 4.92. The lowest BCUT2D eigenvalue weighted by atomic mass is 10.5. The molecule has 104 valence electrons. The average Bonchev–Trinajstić information content (AvgIpc) is 3.32. The van der Waals surface area contributed by atoms with Gasteiger partial charge in [0, 0.05) is 0 Å². The number of hydrogen-bond donors (Lipinski definition) is 0. The second-order valence-electron chi connectivity index (χ2n) is 3.99. The maximum Gasteiger partial charge on any atom is 0.359 e. The first kappa shape index (κ1) is 11.4. The van der Waals surface area contributed by atoms with Gasteiger partial charge in [-0.15, -0.1) is 20.4 Å². The SMILES string of the molecule is c1cn(C(n2ccnn2)(n2ccnn2)n2ccnn2)nn1. The summed E-state index contributed by atoms with van der Waals surface area (Å²) in [6.45, 7) is 0. The van der Waals surface area contributed by atoms with Crippen molar-refractivity contribution >= 4 is 0 Å². The van der Waals surface area contributed by atoms with E-state index in [-0.39, 0.29) is 0 Å². The zero-order valence-corrected chi connectivity index (χ0v) is 10.5. The minimum Gasteiger partial charge on any atom is -0.184 e. The van der Waals surface area contributed by atoms with E-state index in [1.807, 2.05) is 0 Å². The summed E-state index contributed by atoms with van der Waals surface area (Å²) in [6, 6.07) is 0. The maximum atomic E-state index is 4.06. The Morgan fingerprint density at radius 1 is 0.476 bits per heavy atom. The fraction of sp³-hybridized carbons (Fsp3) is 0.111. The van der Waals surface area contributed by atoms with Crippen molar-refractivity contribution in [3.05, 3.63) is 49.6 Å². The molecule has 4 aromatic rings. The first-order valence-electron chi connectivity index (χ1n) is 5.89. The van der Waals surface area contributed by atoms with Crippen LogP contribution in [0.25, 0.3) is 0 Å². The van der Waals surface area contributed by atoms with Crippen molar-refractivity contribution in [3.63, 3.8) is 0 Å². The van der Waals surface area contributed by atoms with Crippen molar-refractivity contribution in [2.75, 3.05) is 0 Å². The Balaban J connectivity index is 2.10. The standard InChI is InChI=1S/C9H8N12/c1-5-18(14-10-1)9(19-6-2-11-15-19,20-7-3-12-16-20)21-8-4-13-17-21/h1-8H. The van der Waals surface area contributed by atoms with Gasteiger partial charge in [-0.05, 0) is 0 Å². The smallest absolute Gasteiger partial charge is 0.184 e. The van der Waals surface area contributed by atoms with Crippen molar-refractivity contribution < 1.29 is 0 Å². The van der Waals surface area contributed by atoms with Gasteiger partial charge in [0.1, 0.15) is 0 Å². The van der Waals surface area contributed by atoms with Crippen molar-refractivity contribution in [2.45, 2.75) is 5.91 Å². The van der Waals surface area contributed by atoms with Crippen molar-refractivity contribution in [1.82, 2.24) is 60.0 Å². The summed E-state index contributed by atoms with van der Waals surface area (Å²) in [7, 11) is 0. The third-order valence-electron chi connectivity index (χ3n) is 2.92. The highest BCUT2D eigenvalue weighted by atomic mass is 15.8. The van der Waals surface area contributed by atoms with E-state index in [1.54, 1.807) is 49.6 Å². The van der Waals surface area contributed by atoms with Gasteiger partial charge < -0.3 is 0 Å². The van der Waals surface area contributed by atoms with E-state index in [0.717, 1.165) is 0 Å². The van der Waals surface area contributed by atoms with Gasteiger partial charge in [0.2, 0.25) is 0 Å². The lowest BCUT2D eigenvalue weighted by Gasteiger charge is -2.31. The summed E-state index contributed by atoms with van der Waals surface area (Å²) in [6.07, 6.45) is 12.8. The Bertz CT molecular complexity index is 639. The lowest BCUT2D eigenvalue weighted by Crippen LogP contribution is -2.55. The van der Waals surface area contributed by atoms with Gasteiger partial charge in [-0.3, -0.25) is 0 Å². The molecule has 4 aromatic heterocycles. The molecule has 0 saturated carbocycles.